The molecule has 0 saturated carbocycles. The Morgan fingerprint density at radius 2 is 1.60 bits per heavy atom. The molecule has 0 radical (unpaired) electrons. The molecule has 0 bridgehead atoms. The smallest absolute Gasteiger partial charge is 0.435 e. The summed E-state index contributed by atoms with van der Waals surface area (Å²) < 4.78 is 141. The summed E-state index contributed by atoms with van der Waals surface area (Å²) in [5.74, 6) is -3.03. The topological polar surface area (TPSA) is 92.3 Å². The number of pyridine rings is 1. The predicted octanol–water partition coefficient (Wildman–Crippen LogP) is 7.10. The van der Waals surface area contributed by atoms with Crippen molar-refractivity contribution >= 4 is 17.6 Å². The molecule has 1 aliphatic heterocycles. The van der Waals surface area contributed by atoms with Crippen LogP contribution in [-0.4, -0.2) is 26.6 Å². The fourth-order valence-corrected chi connectivity index (χ4v) is 3.77. The van der Waals surface area contributed by atoms with E-state index in [0.717, 1.165) is 6.07 Å². The number of anilines is 2. The van der Waals surface area contributed by atoms with E-state index in [4.69, 9.17) is 4.74 Å². The van der Waals surface area contributed by atoms with Gasteiger partial charge in [-0.15, -0.1) is 0 Å². The van der Waals surface area contributed by atoms with E-state index in [-0.39, 0.29) is 6.07 Å². The first-order valence-corrected chi connectivity index (χ1v) is 11.6. The van der Waals surface area contributed by atoms with E-state index in [1.807, 2.05) is 0 Å². The molecule has 0 saturated heterocycles. The molecule has 0 spiro atoms. The Balaban J connectivity index is 1.88. The number of halogens is 10. The van der Waals surface area contributed by atoms with Gasteiger partial charge in [-0.2, -0.15) is 39.5 Å². The molecule has 1 aromatic carbocycles. The van der Waals surface area contributed by atoms with Crippen LogP contribution in [0.4, 0.5) is 60.2 Å². The van der Waals surface area contributed by atoms with Crippen LogP contribution in [0.3, 0.4) is 0 Å². The second-order valence-corrected chi connectivity index (χ2v) is 9.79. The average molecular weight is 612 g/mol. The third-order valence-corrected chi connectivity index (χ3v) is 5.47. The van der Waals surface area contributed by atoms with Gasteiger partial charge in [-0.3, -0.25) is 4.98 Å². The first kappa shape index (κ1) is 30.6. The standard InChI is InChI=1S/C24H18F10N6O2/c1-21(2,3)42-20(41)39-40-18(12-6-5-11(8-13(12)25)22(26,27)28)36-15-16(24(32,33)34)37-17(38-19(15)40)10-4-7-14(35-9-10)23(29,30)31/h4-9,18,36H,1-3H3,(H,39,41). The zero-order valence-electron chi connectivity index (χ0n) is 21.4. The number of ether oxygens (including phenoxy) is 1. The predicted molar refractivity (Wildman–Crippen MR) is 125 cm³/mol. The number of hydrazine groups is 1. The molecule has 1 atom stereocenters. The molecule has 18 heteroatoms. The fraction of sp³-hybridized carbons (Fsp3) is 0.333. The highest BCUT2D eigenvalue weighted by molar-refractivity contribution is 5.81. The number of benzene rings is 1. The van der Waals surface area contributed by atoms with Gasteiger partial charge in [-0.05, 0) is 45.0 Å². The van der Waals surface area contributed by atoms with Gasteiger partial charge in [0.2, 0.25) is 0 Å². The van der Waals surface area contributed by atoms with Gasteiger partial charge in [0.05, 0.1) is 5.56 Å². The number of carbonyl (C=O) groups excluding carboxylic acids is 1. The number of amides is 1. The second kappa shape index (κ2) is 10.2. The van der Waals surface area contributed by atoms with Crippen LogP contribution in [0.1, 0.15) is 49.5 Å². The molecule has 0 fully saturated rings. The lowest BCUT2D eigenvalue weighted by atomic mass is 10.1. The Hall–Kier alpha value is -4.38. The molecule has 226 valence electrons. The van der Waals surface area contributed by atoms with Crippen LogP contribution in [0.25, 0.3) is 11.4 Å². The van der Waals surface area contributed by atoms with E-state index in [0.29, 0.717) is 29.4 Å². The SMILES string of the molecule is CC(C)(C)OC(=O)NN1c2nc(-c3ccc(C(F)(F)F)nc3)nc(C(F)(F)F)c2NC1c1ccc(C(F)(F)F)cc1F. The number of aromatic nitrogens is 3. The van der Waals surface area contributed by atoms with Crippen LogP contribution in [-0.2, 0) is 23.3 Å². The summed E-state index contributed by atoms with van der Waals surface area (Å²) in [5, 5.41) is 2.85. The highest BCUT2D eigenvalue weighted by Crippen LogP contribution is 2.47. The van der Waals surface area contributed by atoms with Gasteiger partial charge >= 0.3 is 24.6 Å². The number of carbonyl (C=O) groups is 1. The summed E-state index contributed by atoms with van der Waals surface area (Å²) in [7, 11) is 0. The number of fused-ring (bicyclic) bond motifs is 1. The van der Waals surface area contributed by atoms with Crippen LogP contribution in [0.5, 0.6) is 0 Å². The van der Waals surface area contributed by atoms with Crippen molar-refractivity contribution in [3.63, 3.8) is 0 Å². The van der Waals surface area contributed by atoms with Crippen LogP contribution in [0.15, 0.2) is 36.5 Å². The van der Waals surface area contributed by atoms with Crippen molar-refractivity contribution in [1.29, 1.82) is 0 Å². The van der Waals surface area contributed by atoms with E-state index in [1.165, 1.54) is 20.8 Å². The maximum Gasteiger partial charge on any atom is 0.435 e. The van der Waals surface area contributed by atoms with Crippen molar-refractivity contribution in [2.75, 3.05) is 10.3 Å². The summed E-state index contributed by atoms with van der Waals surface area (Å²) in [6.45, 7) is 4.36. The second-order valence-electron chi connectivity index (χ2n) is 9.79. The van der Waals surface area contributed by atoms with E-state index >= 15 is 0 Å². The van der Waals surface area contributed by atoms with Gasteiger partial charge in [0.1, 0.15) is 29.0 Å². The number of alkyl halides is 9. The summed E-state index contributed by atoms with van der Waals surface area (Å²) in [5.41, 5.74) is -5.38. The summed E-state index contributed by atoms with van der Waals surface area (Å²) in [4.78, 5) is 23.1. The molecule has 3 aromatic rings. The van der Waals surface area contributed by atoms with Crippen molar-refractivity contribution < 1.29 is 53.4 Å². The Kier molecular flexibility index (Phi) is 7.40. The van der Waals surface area contributed by atoms with Gasteiger partial charge in [0.25, 0.3) is 0 Å². The first-order valence-electron chi connectivity index (χ1n) is 11.6. The number of nitrogens with zero attached hydrogens (tertiary/aromatic N) is 4. The van der Waals surface area contributed by atoms with Gasteiger partial charge < -0.3 is 10.1 Å². The van der Waals surface area contributed by atoms with E-state index < -0.39 is 87.6 Å². The highest BCUT2D eigenvalue weighted by Gasteiger charge is 2.45. The first-order chi connectivity index (χ1) is 19.1. The molecule has 42 heavy (non-hydrogen) atoms. The van der Waals surface area contributed by atoms with Gasteiger partial charge in [0.15, 0.2) is 17.3 Å². The molecule has 0 aliphatic carbocycles. The molecular formula is C24H18F10N6O2. The quantitative estimate of drug-likeness (QED) is 0.305. The lowest BCUT2D eigenvalue weighted by Crippen LogP contribution is -2.46. The van der Waals surface area contributed by atoms with Crippen LogP contribution >= 0.6 is 0 Å². The molecule has 8 nitrogen and oxygen atoms in total. The van der Waals surface area contributed by atoms with Crippen molar-refractivity contribution in [2.45, 2.75) is 51.1 Å². The minimum Gasteiger partial charge on any atom is -0.443 e. The van der Waals surface area contributed by atoms with Crippen molar-refractivity contribution in [2.24, 2.45) is 0 Å². The van der Waals surface area contributed by atoms with Crippen molar-refractivity contribution in [3.05, 3.63) is 64.9 Å². The molecule has 2 aromatic heterocycles. The molecule has 2 N–H and O–H groups in total. The van der Waals surface area contributed by atoms with Gasteiger partial charge in [-0.25, -0.2) is 29.6 Å². The zero-order chi connectivity index (χ0) is 31.4. The van der Waals surface area contributed by atoms with E-state index in [9.17, 15) is 48.7 Å². The third kappa shape index (κ3) is 6.41. The Morgan fingerprint density at radius 1 is 0.929 bits per heavy atom. The molecule has 1 amide bonds. The normalized spacial score (nSPS) is 15.7. The summed E-state index contributed by atoms with van der Waals surface area (Å²) in [6, 6.07) is 2.48. The highest BCUT2D eigenvalue weighted by atomic mass is 19.4. The maximum atomic E-state index is 15.0. The lowest BCUT2D eigenvalue weighted by Gasteiger charge is -2.28. The fourth-order valence-electron chi connectivity index (χ4n) is 3.77. The molecular weight excluding hydrogens is 594 g/mol. The van der Waals surface area contributed by atoms with Gasteiger partial charge in [-0.1, -0.05) is 6.07 Å². The maximum absolute atomic E-state index is 15.0. The zero-order valence-corrected chi connectivity index (χ0v) is 21.4. The molecule has 1 unspecified atom stereocenters. The Morgan fingerprint density at radius 3 is 2.10 bits per heavy atom. The van der Waals surface area contributed by atoms with E-state index in [1.54, 1.807) is 0 Å². The Labute approximate surface area is 229 Å². The van der Waals surface area contributed by atoms with Crippen LogP contribution < -0.4 is 15.8 Å². The largest absolute Gasteiger partial charge is 0.443 e. The van der Waals surface area contributed by atoms with Gasteiger partial charge in [0, 0.05) is 17.3 Å². The molecule has 4 rings (SSSR count). The minimum absolute atomic E-state index is 0.112. The Bertz CT molecular complexity index is 1500. The lowest BCUT2D eigenvalue weighted by molar-refractivity contribution is -0.141. The summed E-state index contributed by atoms with van der Waals surface area (Å²) >= 11 is 0. The van der Waals surface area contributed by atoms with Crippen LogP contribution in [0.2, 0.25) is 0 Å². The summed E-state index contributed by atoms with van der Waals surface area (Å²) in [6.07, 6.45) is -17.5. The number of nitrogens with one attached hydrogen (secondary N) is 2. The van der Waals surface area contributed by atoms with Crippen molar-refractivity contribution in [3.8, 4) is 11.4 Å². The average Bonchev–Trinajstić information content (AvgIpc) is 3.18. The monoisotopic (exact) mass is 612 g/mol. The van der Waals surface area contributed by atoms with Crippen molar-refractivity contribution in [1.82, 2.24) is 20.4 Å². The van der Waals surface area contributed by atoms with Crippen LogP contribution in [0, 0.1) is 5.82 Å². The number of hydrogen-bond acceptors (Lipinski definition) is 7. The molecule has 1 aliphatic rings. The number of hydrogen-bond donors (Lipinski definition) is 2. The third-order valence-electron chi connectivity index (χ3n) is 5.47. The minimum atomic E-state index is -5.24. The molecule has 3 heterocycles. The van der Waals surface area contributed by atoms with E-state index in [2.05, 4.69) is 25.7 Å². The number of rotatable bonds is 3.